The lowest BCUT2D eigenvalue weighted by Gasteiger charge is -2.11. The van der Waals surface area contributed by atoms with Gasteiger partial charge in [0.15, 0.2) is 10.9 Å². The molecule has 0 bridgehead atoms. The van der Waals surface area contributed by atoms with Crippen LogP contribution in [0.5, 0.6) is 5.75 Å². The average molecular weight is 538 g/mol. The number of aromatic nitrogens is 2. The molecule has 0 saturated carbocycles. The summed E-state index contributed by atoms with van der Waals surface area (Å²) in [4.78, 5) is 32.5. The minimum absolute atomic E-state index is 0. The van der Waals surface area contributed by atoms with E-state index in [1.54, 1.807) is 23.7 Å². The number of ether oxygens (including phenoxy) is 1. The molecule has 0 atom stereocenters. The van der Waals surface area contributed by atoms with Crippen molar-refractivity contribution in [3.8, 4) is 5.75 Å². The highest BCUT2D eigenvalue weighted by molar-refractivity contribution is 7.98. The maximum Gasteiger partial charge on any atom is 0.262 e. The smallest absolute Gasteiger partial charge is 0.262 e. The van der Waals surface area contributed by atoms with Crippen LogP contribution in [0.1, 0.15) is 33.5 Å². The van der Waals surface area contributed by atoms with E-state index in [9.17, 15) is 9.59 Å². The number of thioether (sulfide) groups is 1. The van der Waals surface area contributed by atoms with Crippen LogP contribution in [0.25, 0.3) is 10.9 Å². The van der Waals surface area contributed by atoms with E-state index in [0.717, 1.165) is 29.8 Å². The summed E-state index contributed by atoms with van der Waals surface area (Å²) in [7, 11) is 5.83. The van der Waals surface area contributed by atoms with Crippen LogP contribution in [0.15, 0.2) is 76.7 Å². The van der Waals surface area contributed by atoms with E-state index >= 15 is 0 Å². The highest BCUT2D eigenvalue weighted by atomic mass is 35.5. The van der Waals surface area contributed by atoms with E-state index in [-0.39, 0.29) is 23.7 Å². The number of halogens is 1. The summed E-state index contributed by atoms with van der Waals surface area (Å²) < 4.78 is 7.36. The van der Waals surface area contributed by atoms with Gasteiger partial charge in [0.25, 0.3) is 5.56 Å². The summed E-state index contributed by atoms with van der Waals surface area (Å²) in [5.41, 5.74) is 3.92. The number of hydrogen-bond donors (Lipinski definition) is 0. The van der Waals surface area contributed by atoms with Crippen molar-refractivity contribution in [3.63, 3.8) is 0 Å². The standard InChI is InChI=1S/C29H31N3O3S.ClH/c1-20-7-5-8-25-26(20)28(34)32(4)29(30-25)36-19-21-9-11-22(12-10-21)27(33)23-13-15-24(16-14-23)35-18-6-17-31(2)3;/h5,7-16H,6,17-19H2,1-4H3;1H. The Morgan fingerprint density at radius 2 is 1.65 bits per heavy atom. The van der Waals surface area contributed by atoms with E-state index in [0.29, 0.717) is 39.5 Å². The predicted octanol–water partition coefficient (Wildman–Crippen LogP) is 5.52. The predicted molar refractivity (Wildman–Crippen MR) is 154 cm³/mol. The Bertz CT molecular complexity index is 1420. The van der Waals surface area contributed by atoms with Crippen LogP contribution in [0.2, 0.25) is 0 Å². The number of hydrogen-bond acceptors (Lipinski definition) is 6. The van der Waals surface area contributed by atoms with Gasteiger partial charge in [-0.05, 0) is 68.9 Å². The summed E-state index contributed by atoms with van der Waals surface area (Å²) >= 11 is 1.51. The molecule has 6 nitrogen and oxygen atoms in total. The van der Waals surface area contributed by atoms with Gasteiger partial charge in [-0.2, -0.15) is 0 Å². The molecule has 0 amide bonds. The maximum absolute atomic E-state index is 12.9. The Morgan fingerprint density at radius 1 is 1.00 bits per heavy atom. The summed E-state index contributed by atoms with van der Waals surface area (Å²) in [6.07, 6.45) is 0.950. The number of aryl methyl sites for hydroxylation is 1. The minimum Gasteiger partial charge on any atom is -0.494 e. The van der Waals surface area contributed by atoms with Gasteiger partial charge < -0.3 is 9.64 Å². The summed E-state index contributed by atoms with van der Waals surface area (Å²) in [6, 6.07) is 20.6. The molecule has 4 rings (SSSR count). The van der Waals surface area contributed by atoms with Crippen molar-refractivity contribution in [1.29, 1.82) is 0 Å². The molecule has 0 aliphatic carbocycles. The van der Waals surface area contributed by atoms with Crippen molar-refractivity contribution in [1.82, 2.24) is 14.5 Å². The molecule has 0 aliphatic rings. The van der Waals surface area contributed by atoms with Crippen LogP contribution in [0.4, 0.5) is 0 Å². The van der Waals surface area contributed by atoms with E-state index in [2.05, 4.69) is 4.90 Å². The molecule has 3 aromatic carbocycles. The van der Waals surface area contributed by atoms with Crippen molar-refractivity contribution in [2.75, 3.05) is 27.2 Å². The molecule has 194 valence electrons. The van der Waals surface area contributed by atoms with E-state index in [4.69, 9.17) is 9.72 Å². The van der Waals surface area contributed by atoms with Crippen molar-refractivity contribution in [2.24, 2.45) is 7.05 Å². The van der Waals surface area contributed by atoms with E-state index < -0.39 is 0 Å². The first-order valence-electron chi connectivity index (χ1n) is 11.9. The molecule has 0 saturated heterocycles. The molecule has 1 aromatic heterocycles. The highest BCUT2D eigenvalue weighted by Crippen LogP contribution is 2.23. The van der Waals surface area contributed by atoms with Crippen molar-refractivity contribution in [2.45, 2.75) is 24.3 Å². The van der Waals surface area contributed by atoms with Gasteiger partial charge in [0.05, 0.1) is 17.5 Å². The number of carbonyl (C=O) groups is 1. The molecule has 37 heavy (non-hydrogen) atoms. The third kappa shape index (κ3) is 7.01. The summed E-state index contributed by atoms with van der Waals surface area (Å²) in [5, 5.41) is 1.33. The number of nitrogens with zero attached hydrogens (tertiary/aromatic N) is 3. The SMILES string of the molecule is Cc1cccc2nc(SCc3ccc(C(=O)c4ccc(OCCCN(C)C)cc4)cc3)n(C)c(=O)c12.Cl. The molecule has 0 radical (unpaired) electrons. The summed E-state index contributed by atoms with van der Waals surface area (Å²) in [6.45, 7) is 3.55. The lowest BCUT2D eigenvalue weighted by atomic mass is 10.0. The first kappa shape index (κ1) is 28.4. The number of carbonyl (C=O) groups excluding carboxylic acids is 1. The quantitative estimate of drug-likeness (QED) is 0.115. The zero-order valence-corrected chi connectivity index (χ0v) is 23.2. The maximum atomic E-state index is 12.9. The van der Waals surface area contributed by atoms with Crippen LogP contribution >= 0.6 is 24.2 Å². The third-order valence-electron chi connectivity index (χ3n) is 5.99. The Kier molecular flexibility index (Phi) is 9.92. The Morgan fingerprint density at radius 3 is 2.30 bits per heavy atom. The van der Waals surface area contributed by atoms with Crippen LogP contribution in [-0.4, -0.2) is 47.5 Å². The fraction of sp³-hybridized carbons (Fsp3) is 0.276. The monoisotopic (exact) mass is 537 g/mol. The summed E-state index contributed by atoms with van der Waals surface area (Å²) in [5.74, 6) is 1.39. The zero-order chi connectivity index (χ0) is 25.7. The lowest BCUT2D eigenvalue weighted by Crippen LogP contribution is -2.20. The molecular formula is C29H32ClN3O3S. The molecule has 4 aromatic rings. The Labute approximate surface area is 228 Å². The molecule has 0 unspecified atom stereocenters. The van der Waals surface area contributed by atoms with Crippen LogP contribution in [0.3, 0.4) is 0 Å². The van der Waals surface area contributed by atoms with Crippen molar-refractivity contribution < 1.29 is 9.53 Å². The second-order valence-electron chi connectivity index (χ2n) is 9.07. The number of fused-ring (bicyclic) bond motifs is 1. The second-order valence-corrected chi connectivity index (χ2v) is 10.0. The number of benzene rings is 3. The van der Waals surface area contributed by atoms with Crippen LogP contribution < -0.4 is 10.3 Å². The first-order valence-corrected chi connectivity index (χ1v) is 12.9. The van der Waals surface area contributed by atoms with Gasteiger partial charge in [0.2, 0.25) is 0 Å². The first-order chi connectivity index (χ1) is 17.3. The van der Waals surface area contributed by atoms with Gasteiger partial charge in [-0.3, -0.25) is 14.2 Å². The number of ketones is 1. The molecule has 0 fully saturated rings. The Balaban J connectivity index is 0.00000380. The van der Waals surface area contributed by atoms with Crippen LogP contribution in [0, 0.1) is 6.92 Å². The average Bonchev–Trinajstić information content (AvgIpc) is 2.88. The largest absolute Gasteiger partial charge is 0.494 e. The topological polar surface area (TPSA) is 64.4 Å². The fourth-order valence-corrected chi connectivity index (χ4v) is 4.85. The van der Waals surface area contributed by atoms with Gasteiger partial charge >= 0.3 is 0 Å². The molecular weight excluding hydrogens is 506 g/mol. The van der Waals surface area contributed by atoms with E-state index in [1.165, 1.54) is 11.8 Å². The minimum atomic E-state index is -0.0356. The van der Waals surface area contributed by atoms with Gasteiger partial charge in [0, 0.05) is 30.5 Å². The molecule has 0 spiro atoms. The normalized spacial score (nSPS) is 10.9. The fourth-order valence-electron chi connectivity index (χ4n) is 3.93. The second kappa shape index (κ2) is 12.9. The third-order valence-corrected chi connectivity index (χ3v) is 7.09. The van der Waals surface area contributed by atoms with Crippen LogP contribution in [-0.2, 0) is 12.8 Å². The van der Waals surface area contributed by atoms with Gasteiger partial charge in [0.1, 0.15) is 5.75 Å². The van der Waals surface area contributed by atoms with E-state index in [1.807, 2.05) is 75.6 Å². The molecule has 0 N–H and O–H groups in total. The van der Waals surface area contributed by atoms with Gasteiger partial charge in [-0.15, -0.1) is 12.4 Å². The zero-order valence-electron chi connectivity index (χ0n) is 21.6. The number of rotatable bonds is 10. The van der Waals surface area contributed by atoms with Crippen molar-refractivity contribution in [3.05, 3.63) is 99.3 Å². The molecule has 0 aliphatic heterocycles. The highest BCUT2D eigenvalue weighted by Gasteiger charge is 2.12. The molecule has 1 heterocycles. The molecule has 8 heteroatoms. The van der Waals surface area contributed by atoms with Gasteiger partial charge in [-0.1, -0.05) is 48.2 Å². The van der Waals surface area contributed by atoms with Crippen molar-refractivity contribution >= 4 is 40.9 Å². The Hall–Kier alpha value is -3.13. The lowest BCUT2D eigenvalue weighted by molar-refractivity contribution is 0.103. The van der Waals surface area contributed by atoms with Gasteiger partial charge in [-0.25, -0.2) is 4.98 Å².